The van der Waals surface area contributed by atoms with E-state index in [0.29, 0.717) is 54.2 Å². The van der Waals surface area contributed by atoms with Gasteiger partial charge in [-0.2, -0.15) is 0 Å². The van der Waals surface area contributed by atoms with Crippen LogP contribution < -0.4 is 5.32 Å². The van der Waals surface area contributed by atoms with Gasteiger partial charge < -0.3 is 33.9 Å². The third-order valence-corrected chi connectivity index (χ3v) is 15.1. The van der Waals surface area contributed by atoms with E-state index in [2.05, 4.69) is 39.6 Å². The fraction of sp³-hybridized carbons (Fsp3) is 0.900. The maximum atomic E-state index is 12.8. The molecule has 2 heterocycles. The molecule has 49 heavy (non-hydrogen) atoms. The minimum atomic E-state index is -0.526. The minimum absolute atomic E-state index is 0.0296. The SMILES string of the molecule is C=C(C)[C@@H](OC(=O)NC)C1C[C@@H](C)[C@H]2C(CC3C4CC[C@H]5C(C)(C)[C@@H](OC6CN(C(=O)OC(C)(C)C)CCO6)CC[C@@]56C[C@@]46CC[C@@]32C)O1. The second-order valence-electron chi connectivity index (χ2n) is 19.2. The molecule has 9 heteroatoms. The van der Waals surface area contributed by atoms with Crippen molar-refractivity contribution < 1.29 is 33.3 Å². The Hall–Kier alpha value is -1.84. The second kappa shape index (κ2) is 12.1. The molecule has 0 aromatic rings. The van der Waals surface area contributed by atoms with Crippen molar-refractivity contribution in [2.45, 2.75) is 149 Å². The van der Waals surface area contributed by atoms with Crippen molar-refractivity contribution >= 4 is 12.2 Å². The number of carbonyl (C=O) groups is 2. The third kappa shape index (κ3) is 5.66. The molecule has 13 atom stereocenters. The van der Waals surface area contributed by atoms with Crippen LogP contribution in [0, 0.1) is 51.2 Å². The number of nitrogens with zero attached hydrogens (tertiary/aromatic N) is 1. The highest BCUT2D eigenvalue weighted by Crippen LogP contribution is 2.87. The average Bonchev–Trinajstić information content (AvgIpc) is 3.59. The molecule has 7 aliphatic rings. The van der Waals surface area contributed by atoms with E-state index in [0.717, 1.165) is 30.8 Å². The summed E-state index contributed by atoms with van der Waals surface area (Å²) in [6, 6.07) is 0. The molecule has 2 spiro atoms. The number of hydrogen-bond donors (Lipinski definition) is 1. The van der Waals surface area contributed by atoms with E-state index in [1.807, 2.05) is 27.7 Å². The molecule has 2 aliphatic heterocycles. The number of ether oxygens (including phenoxy) is 5. The number of rotatable bonds is 5. The zero-order chi connectivity index (χ0) is 35.3. The summed E-state index contributed by atoms with van der Waals surface area (Å²) in [6.45, 7) is 23.2. The summed E-state index contributed by atoms with van der Waals surface area (Å²) in [5, 5.41) is 2.61. The molecule has 0 aromatic carbocycles. The van der Waals surface area contributed by atoms with E-state index in [1.165, 1.54) is 38.5 Å². The number of fused-ring (bicyclic) bond motifs is 4. The standard InChI is InChI=1S/C40H64N2O7/c1-23(2)33(48-34(43)41-10)28-19-24(3)32-27(46-28)20-26-25-11-12-29-37(7,8)30(13-14-40(29)22-39(25,40)16-15-38(26,32)9)47-31-21-42(17-18-45-31)35(44)49-36(4,5)6/h24-33H,1,11-22H2,2-10H3,(H,41,43)/t24-,25?,26?,27?,28?,29+,30+,31?,32+,33-,38+,39+,40-/m1/s1. The van der Waals surface area contributed by atoms with Crippen LogP contribution in [-0.4, -0.2) is 80.1 Å². The summed E-state index contributed by atoms with van der Waals surface area (Å²) in [6.07, 6.45) is 9.46. The zero-order valence-electron chi connectivity index (χ0n) is 31.8. The largest absolute Gasteiger partial charge is 0.444 e. The van der Waals surface area contributed by atoms with E-state index in [1.54, 1.807) is 11.9 Å². The minimum Gasteiger partial charge on any atom is -0.444 e. The smallest absolute Gasteiger partial charge is 0.410 e. The van der Waals surface area contributed by atoms with Crippen LogP contribution >= 0.6 is 0 Å². The van der Waals surface area contributed by atoms with Gasteiger partial charge in [-0.25, -0.2) is 9.59 Å². The molecule has 2 saturated heterocycles. The number of nitrogens with one attached hydrogen (secondary N) is 1. The Bertz CT molecular complexity index is 1330. The van der Waals surface area contributed by atoms with Crippen molar-refractivity contribution in [2.75, 3.05) is 26.7 Å². The molecule has 7 rings (SSSR count). The molecule has 0 aromatic heterocycles. The van der Waals surface area contributed by atoms with Gasteiger partial charge in [-0.3, -0.25) is 0 Å². The van der Waals surface area contributed by atoms with E-state index in [4.69, 9.17) is 23.7 Å². The Balaban J connectivity index is 1.04. The van der Waals surface area contributed by atoms with Crippen molar-refractivity contribution in [3.05, 3.63) is 12.2 Å². The predicted octanol–water partition coefficient (Wildman–Crippen LogP) is 7.72. The molecular formula is C40H64N2O7. The first-order valence-corrected chi connectivity index (χ1v) is 19.4. The summed E-state index contributed by atoms with van der Waals surface area (Å²) in [4.78, 5) is 26.8. The quantitative estimate of drug-likeness (QED) is 0.297. The van der Waals surface area contributed by atoms with Gasteiger partial charge in [0, 0.05) is 13.6 Å². The summed E-state index contributed by atoms with van der Waals surface area (Å²) in [5.74, 6) is 3.10. The lowest BCUT2D eigenvalue weighted by Crippen LogP contribution is -2.56. The third-order valence-electron chi connectivity index (χ3n) is 15.1. The predicted molar refractivity (Wildman–Crippen MR) is 187 cm³/mol. The van der Waals surface area contributed by atoms with E-state index in [9.17, 15) is 9.59 Å². The molecule has 7 fully saturated rings. The molecule has 276 valence electrons. The Kier molecular flexibility index (Phi) is 8.79. The number of carbonyl (C=O) groups excluding carboxylic acids is 2. The van der Waals surface area contributed by atoms with Gasteiger partial charge in [0.15, 0.2) is 12.4 Å². The van der Waals surface area contributed by atoms with Crippen molar-refractivity contribution in [2.24, 2.45) is 51.2 Å². The van der Waals surface area contributed by atoms with E-state index in [-0.39, 0.29) is 35.2 Å². The highest BCUT2D eigenvalue weighted by atomic mass is 16.7. The maximum Gasteiger partial charge on any atom is 0.410 e. The summed E-state index contributed by atoms with van der Waals surface area (Å²) >= 11 is 0. The van der Waals surface area contributed by atoms with Gasteiger partial charge in [0.25, 0.3) is 0 Å². The van der Waals surface area contributed by atoms with Gasteiger partial charge in [0.05, 0.1) is 31.5 Å². The normalized spacial score (nSPS) is 45.7. The van der Waals surface area contributed by atoms with Crippen molar-refractivity contribution in [3.63, 3.8) is 0 Å². The van der Waals surface area contributed by atoms with Crippen LogP contribution in [0.25, 0.3) is 0 Å². The topological polar surface area (TPSA) is 95.6 Å². The molecule has 5 saturated carbocycles. The Morgan fingerprint density at radius 2 is 1.78 bits per heavy atom. The maximum absolute atomic E-state index is 12.8. The van der Waals surface area contributed by atoms with Gasteiger partial charge in [0.1, 0.15) is 5.60 Å². The van der Waals surface area contributed by atoms with Crippen LogP contribution in [0.15, 0.2) is 12.2 Å². The zero-order valence-corrected chi connectivity index (χ0v) is 31.8. The summed E-state index contributed by atoms with van der Waals surface area (Å²) in [7, 11) is 1.60. The van der Waals surface area contributed by atoms with E-state index < -0.39 is 24.1 Å². The average molecular weight is 685 g/mol. The first kappa shape index (κ1) is 35.6. The molecule has 1 N–H and O–H groups in total. The van der Waals surface area contributed by atoms with Crippen LogP contribution in [0.1, 0.15) is 113 Å². The number of hydrogen-bond acceptors (Lipinski definition) is 7. The highest BCUT2D eigenvalue weighted by molar-refractivity contribution is 5.68. The second-order valence-corrected chi connectivity index (χ2v) is 19.2. The van der Waals surface area contributed by atoms with Gasteiger partial charge in [-0.15, -0.1) is 0 Å². The Morgan fingerprint density at radius 3 is 2.47 bits per heavy atom. The van der Waals surface area contributed by atoms with Crippen LogP contribution in [0.2, 0.25) is 0 Å². The lowest BCUT2D eigenvalue weighted by atomic mass is 9.46. The lowest BCUT2D eigenvalue weighted by molar-refractivity contribution is -0.243. The van der Waals surface area contributed by atoms with Crippen molar-refractivity contribution in [3.8, 4) is 0 Å². The fourth-order valence-electron chi connectivity index (χ4n) is 13.3. The molecule has 0 bridgehead atoms. The molecule has 9 nitrogen and oxygen atoms in total. The van der Waals surface area contributed by atoms with Gasteiger partial charge >= 0.3 is 12.2 Å². The van der Waals surface area contributed by atoms with Crippen LogP contribution in [0.5, 0.6) is 0 Å². The van der Waals surface area contributed by atoms with Crippen LogP contribution in [0.4, 0.5) is 9.59 Å². The first-order valence-electron chi connectivity index (χ1n) is 19.4. The van der Waals surface area contributed by atoms with Crippen LogP contribution in [0.3, 0.4) is 0 Å². The number of alkyl carbamates (subject to hydrolysis) is 1. The van der Waals surface area contributed by atoms with Gasteiger partial charge in [-0.1, -0.05) is 34.3 Å². The molecule has 2 amide bonds. The molecule has 5 unspecified atom stereocenters. The van der Waals surface area contributed by atoms with Crippen LogP contribution in [-0.2, 0) is 23.7 Å². The first-order chi connectivity index (χ1) is 23.0. The molecular weight excluding hydrogens is 620 g/mol. The lowest BCUT2D eigenvalue weighted by Gasteiger charge is -2.60. The summed E-state index contributed by atoms with van der Waals surface area (Å²) < 4.78 is 31.3. The highest BCUT2D eigenvalue weighted by Gasteiger charge is 2.81. The Labute approximate surface area is 294 Å². The number of amides is 2. The van der Waals surface area contributed by atoms with E-state index >= 15 is 0 Å². The summed E-state index contributed by atoms with van der Waals surface area (Å²) in [5.41, 5.74) is 1.48. The fourth-order valence-corrected chi connectivity index (χ4v) is 13.3. The Morgan fingerprint density at radius 1 is 1.02 bits per heavy atom. The van der Waals surface area contributed by atoms with Crippen molar-refractivity contribution in [1.82, 2.24) is 10.2 Å². The molecule has 5 aliphatic carbocycles. The monoisotopic (exact) mass is 684 g/mol. The van der Waals surface area contributed by atoms with Gasteiger partial charge in [0.2, 0.25) is 0 Å². The van der Waals surface area contributed by atoms with Gasteiger partial charge in [-0.05, 0) is 142 Å². The number of morpholine rings is 1. The van der Waals surface area contributed by atoms with Crippen molar-refractivity contribution in [1.29, 1.82) is 0 Å². The molecule has 0 radical (unpaired) electrons.